The van der Waals surface area contributed by atoms with Crippen molar-refractivity contribution in [2.45, 2.75) is 31.8 Å². The maximum Gasteiger partial charge on any atom is 0.339 e. The van der Waals surface area contributed by atoms with Gasteiger partial charge in [-0.05, 0) is 12.8 Å². The van der Waals surface area contributed by atoms with Crippen LogP contribution in [0.5, 0.6) is 0 Å². The second-order valence-corrected chi connectivity index (χ2v) is 4.86. The zero-order valence-corrected chi connectivity index (χ0v) is 11.4. The molecule has 0 unspecified atom stereocenters. The number of nitro groups is 1. The molecule has 0 aliphatic heterocycles. The normalized spacial score (nSPS) is 15.0. The van der Waals surface area contributed by atoms with Gasteiger partial charge >= 0.3 is 5.97 Å². The predicted octanol–water partition coefficient (Wildman–Crippen LogP) is 2.06. The Hall–Kier alpha value is -2.22. The molecule has 0 bridgehead atoms. The van der Waals surface area contributed by atoms with Gasteiger partial charge in [0.2, 0.25) is 0 Å². The van der Waals surface area contributed by atoms with Crippen LogP contribution < -0.4 is 5.32 Å². The fourth-order valence-electron chi connectivity index (χ4n) is 2.31. The zero-order valence-electron chi connectivity index (χ0n) is 11.4. The SMILES string of the molecule is O=C(O)c1cc([N+](=O)[O-])cnc1NCCOC1CCCC1. The molecule has 0 spiro atoms. The molecule has 1 aromatic heterocycles. The van der Waals surface area contributed by atoms with Gasteiger partial charge in [-0.15, -0.1) is 0 Å². The average molecular weight is 295 g/mol. The monoisotopic (exact) mass is 295 g/mol. The van der Waals surface area contributed by atoms with E-state index in [1.807, 2.05) is 0 Å². The second-order valence-electron chi connectivity index (χ2n) is 4.86. The van der Waals surface area contributed by atoms with Crippen molar-refractivity contribution in [2.75, 3.05) is 18.5 Å². The number of hydrogen-bond donors (Lipinski definition) is 2. The molecule has 0 amide bonds. The lowest BCUT2D eigenvalue weighted by molar-refractivity contribution is -0.385. The van der Waals surface area contributed by atoms with Crippen LogP contribution in [0.3, 0.4) is 0 Å². The lowest BCUT2D eigenvalue weighted by Crippen LogP contribution is -2.17. The minimum atomic E-state index is -1.26. The molecule has 8 nitrogen and oxygen atoms in total. The lowest BCUT2D eigenvalue weighted by atomic mass is 10.2. The van der Waals surface area contributed by atoms with Crippen molar-refractivity contribution in [2.24, 2.45) is 0 Å². The van der Waals surface area contributed by atoms with Crippen molar-refractivity contribution < 1.29 is 19.6 Å². The Morgan fingerprint density at radius 3 is 2.86 bits per heavy atom. The standard InChI is InChI=1S/C13H17N3O5/c17-13(18)11-7-9(16(19)20)8-15-12(11)14-5-6-21-10-3-1-2-4-10/h7-8,10H,1-6H2,(H,14,15)(H,17,18). The van der Waals surface area contributed by atoms with E-state index in [1.165, 1.54) is 12.8 Å². The van der Waals surface area contributed by atoms with Gasteiger partial charge in [0.05, 0.1) is 17.6 Å². The van der Waals surface area contributed by atoms with Crippen molar-refractivity contribution in [3.8, 4) is 0 Å². The first-order chi connectivity index (χ1) is 10.1. The minimum Gasteiger partial charge on any atom is -0.478 e. The fraction of sp³-hybridized carbons (Fsp3) is 0.538. The Balaban J connectivity index is 1.92. The fourth-order valence-corrected chi connectivity index (χ4v) is 2.31. The van der Waals surface area contributed by atoms with E-state index in [0.29, 0.717) is 13.2 Å². The second kappa shape index (κ2) is 6.98. The van der Waals surface area contributed by atoms with Crippen LogP contribution in [0.25, 0.3) is 0 Å². The maximum absolute atomic E-state index is 11.1. The summed E-state index contributed by atoms with van der Waals surface area (Å²) < 4.78 is 5.64. The van der Waals surface area contributed by atoms with Gasteiger partial charge < -0.3 is 15.2 Å². The van der Waals surface area contributed by atoms with Crippen molar-refractivity contribution in [3.63, 3.8) is 0 Å². The topological polar surface area (TPSA) is 115 Å². The summed E-state index contributed by atoms with van der Waals surface area (Å²) in [6.07, 6.45) is 5.82. The molecule has 0 saturated heterocycles. The third-order valence-electron chi connectivity index (χ3n) is 3.36. The molecular weight excluding hydrogens is 278 g/mol. The highest BCUT2D eigenvalue weighted by molar-refractivity contribution is 5.93. The number of carboxylic acids is 1. The van der Waals surface area contributed by atoms with Gasteiger partial charge in [-0.2, -0.15) is 0 Å². The number of anilines is 1. The van der Waals surface area contributed by atoms with Gasteiger partial charge in [-0.1, -0.05) is 12.8 Å². The molecule has 1 fully saturated rings. The summed E-state index contributed by atoms with van der Waals surface area (Å²) in [6, 6.07) is 0.996. The van der Waals surface area contributed by atoms with Gasteiger partial charge in [-0.3, -0.25) is 10.1 Å². The number of carboxylic acid groups (broad SMARTS) is 1. The molecule has 1 heterocycles. The smallest absolute Gasteiger partial charge is 0.339 e. The van der Waals surface area contributed by atoms with Gasteiger partial charge in [-0.25, -0.2) is 9.78 Å². The molecule has 8 heteroatoms. The third-order valence-corrected chi connectivity index (χ3v) is 3.36. The predicted molar refractivity (Wildman–Crippen MR) is 74.5 cm³/mol. The number of pyridine rings is 1. The first-order valence-electron chi connectivity index (χ1n) is 6.81. The first kappa shape index (κ1) is 15.2. The number of carbonyl (C=O) groups is 1. The number of nitrogens with one attached hydrogen (secondary N) is 1. The van der Waals surface area contributed by atoms with Crippen LogP contribution in [-0.2, 0) is 4.74 Å². The molecule has 1 aromatic rings. The van der Waals surface area contributed by atoms with Crippen LogP contribution in [0.1, 0.15) is 36.0 Å². The number of aromatic carboxylic acids is 1. The third kappa shape index (κ3) is 4.12. The van der Waals surface area contributed by atoms with Crippen LogP contribution in [0.4, 0.5) is 11.5 Å². The van der Waals surface area contributed by atoms with Gasteiger partial charge in [0, 0.05) is 12.6 Å². The first-order valence-corrected chi connectivity index (χ1v) is 6.81. The Morgan fingerprint density at radius 1 is 1.52 bits per heavy atom. The van der Waals surface area contributed by atoms with Crippen molar-refractivity contribution in [1.82, 2.24) is 4.98 Å². The molecule has 2 rings (SSSR count). The van der Waals surface area contributed by atoms with Crippen LogP contribution in [0.15, 0.2) is 12.3 Å². The summed E-state index contributed by atoms with van der Waals surface area (Å²) in [6.45, 7) is 0.851. The Bertz CT molecular complexity index is 529. The van der Waals surface area contributed by atoms with Crippen LogP contribution in [0.2, 0.25) is 0 Å². The van der Waals surface area contributed by atoms with Crippen molar-refractivity contribution in [1.29, 1.82) is 0 Å². The van der Waals surface area contributed by atoms with Crippen LogP contribution in [0, 0.1) is 10.1 Å². The van der Waals surface area contributed by atoms with E-state index in [1.54, 1.807) is 0 Å². The van der Waals surface area contributed by atoms with Crippen LogP contribution in [-0.4, -0.2) is 40.2 Å². The molecule has 0 aromatic carbocycles. The van der Waals surface area contributed by atoms with Crippen molar-refractivity contribution >= 4 is 17.5 Å². The van der Waals surface area contributed by atoms with E-state index < -0.39 is 10.9 Å². The van der Waals surface area contributed by atoms with E-state index in [0.717, 1.165) is 25.1 Å². The summed E-state index contributed by atoms with van der Waals surface area (Å²) >= 11 is 0. The lowest BCUT2D eigenvalue weighted by Gasteiger charge is -2.12. The summed E-state index contributed by atoms with van der Waals surface area (Å²) in [7, 11) is 0. The zero-order chi connectivity index (χ0) is 15.2. The van der Waals surface area contributed by atoms with Gasteiger partial charge in [0.15, 0.2) is 0 Å². The molecule has 0 radical (unpaired) electrons. The number of ether oxygens (including phenoxy) is 1. The highest BCUT2D eigenvalue weighted by atomic mass is 16.6. The molecule has 114 valence electrons. The summed E-state index contributed by atoms with van der Waals surface area (Å²) in [5, 5.41) is 22.5. The Morgan fingerprint density at radius 2 is 2.24 bits per heavy atom. The van der Waals surface area contributed by atoms with E-state index >= 15 is 0 Å². The Labute approximate surface area is 121 Å². The highest BCUT2D eigenvalue weighted by Crippen LogP contribution is 2.21. The van der Waals surface area contributed by atoms with Crippen LogP contribution >= 0.6 is 0 Å². The van der Waals surface area contributed by atoms with Gasteiger partial charge in [0.25, 0.3) is 5.69 Å². The molecule has 1 aliphatic rings. The molecule has 1 saturated carbocycles. The Kier molecular flexibility index (Phi) is 5.04. The average Bonchev–Trinajstić information content (AvgIpc) is 2.96. The summed E-state index contributed by atoms with van der Waals surface area (Å²) in [5.41, 5.74) is -0.565. The van der Waals surface area contributed by atoms with E-state index in [4.69, 9.17) is 9.84 Å². The molecule has 21 heavy (non-hydrogen) atoms. The number of aromatic nitrogens is 1. The molecule has 0 atom stereocenters. The maximum atomic E-state index is 11.1. The van der Waals surface area contributed by atoms with E-state index in [-0.39, 0.29) is 23.2 Å². The summed E-state index contributed by atoms with van der Waals surface area (Å²) in [5.74, 6) is -1.14. The molecule has 1 aliphatic carbocycles. The molecular formula is C13H17N3O5. The van der Waals surface area contributed by atoms with E-state index in [2.05, 4.69) is 10.3 Å². The highest BCUT2D eigenvalue weighted by Gasteiger charge is 2.18. The van der Waals surface area contributed by atoms with E-state index in [9.17, 15) is 14.9 Å². The minimum absolute atomic E-state index is 0.114. The summed E-state index contributed by atoms with van der Waals surface area (Å²) in [4.78, 5) is 24.9. The molecule has 2 N–H and O–H groups in total. The number of hydrogen-bond acceptors (Lipinski definition) is 6. The number of nitrogens with zero attached hydrogens (tertiary/aromatic N) is 2. The van der Waals surface area contributed by atoms with Gasteiger partial charge in [0.1, 0.15) is 17.6 Å². The quantitative estimate of drug-likeness (QED) is 0.449. The largest absolute Gasteiger partial charge is 0.478 e. The number of rotatable bonds is 7. The van der Waals surface area contributed by atoms with Crippen molar-refractivity contribution in [3.05, 3.63) is 27.9 Å².